The summed E-state index contributed by atoms with van der Waals surface area (Å²) in [5.41, 5.74) is 5.61. The van der Waals surface area contributed by atoms with Gasteiger partial charge in [-0.15, -0.1) is 0 Å². The molecule has 1 N–H and O–H groups in total. The van der Waals surface area contributed by atoms with Gasteiger partial charge in [-0.3, -0.25) is 4.79 Å². The number of ether oxygens (including phenoxy) is 5. The molecule has 0 aromatic heterocycles. The van der Waals surface area contributed by atoms with E-state index >= 15 is 0 Å². The molecule has 0 amide bonds. The van der Waals surface area contributed by atoms with Crippen molar-refractivity contribution in [1.29, 1.82) is 0 Å². The van der Waals surface area contributed by atoms with E-state index in [1.54, 1.807) is 0 Å². The minimum atomic E-state index is -0.903. The Kier molecular flexibility index (Phi) is 12.3. The van der Waals surface area contributed by atoms with Gasteiger partial charge in [0.1, 0.15) is 30.5 Å². The zero-order valence-electron chi connectivity index (χ0n) is 29.5. The molecule has 1 fully saturated rings. The Hall–Kier alpha value is -5.15. The first kappa shape index (κ1) is 36.2. The fraction of sp³-hybridized carbons (Fsp3) is 0.239. The van der Waals surface area contributed by atoms with Crippen LogP contribution in [0.3, 0.4) is 0 Å². The third-order valence-electron chi connectivity index (χ3n) is 9.52. The van der Waals surface area contributed by atoms with Crippen molar-refractivity contribution in [3.63, 3.8) is 0 Å². The molecule has 0 unspecified atom stereocenters. The van der Waals surface area contributed by atoms with Gasteiger partial charge < -0.3 is 28.8 Å². The second-order valence-corrected chi connectivity index (χ2v) is 13.4. The first-order valence-electron chi connectivity index (χ1n) is 18.1. The molecule has 1 saturated heterocycles. The van der Waals surface area contributed by atoms with Crippen LogP contribution < -0.4 is 0 Å². The molecule has 1 heterocycles. The Morgan fingerprint density at radius 1 is 0.547 bits per heavy atom. The minimum absolute atomic E-state index is 0.128. The number of benzene rings is 6. The van der Waals surface area contributed by atoms with Gasteiger partial charge >= 0.3 is 5.97 Å². The van der Waals surface area contributed by atoms with Gasteiger partial charge in [-0.2, -0.15) is 0 Å². The molecule has 6 aromatic rings. The molecule has 1 aliphatic heterocycles. The normalized spacial score (nSPS) is 20.0. The van der Waals surface area contributed by atoms with Gasteiger partial charge in [-0.1, -0.05) is 152 Å². The maximum atomic E-state index is 12.1. The second-order valence-electron chi connectivity index (χ2n) is 13.4. The summed E-state index contributed by atoms with van der Waals surface area (Å²) in [4.78, 5) is 12.1. The zero-order valence-corrected chi connectivity index (χ0v) is 29.5. The summed E-state index contributed by atoms with van der Waals surface area (Å²) >= 11 is 0. The molecule has 7 rings (SSSR count). The fourth-order valence-electron chi connectivity index (χ4n) is 6.95. The van der Waals surface area contributed by atoms with Crippen molar-refractivity contribution in [2.45, 2.75) is 63.4 Å². The molecule has 7 heteroatoms. The maximum absolute atomic E-state index is 12.1. The topological polar surface area (TPSA) is 83.5 Å². The molecule has 53 heavy (non-hydrogen) atoms. The minimum Gasteiger partial charge on any atom is -0.481 e. The lowest BCUT2D eigenvalue weighted by molar-refractivity contribution is -0.275. The third-order valence-corrected chi connectivity index (χ3v) is 9.52. The molecule has 6 aromatic carbocycles. The van der Waals surface area contributed by atoms with E-state index in [1.807, 2.05) is 152 Å². The van der Waals surface area contributed by atoms with Gasteiger partial charge in [0.25, 0.3) is 0 Å². The predicted molar refractivity (Wildman–Crippen MR) is 204 cm³/mol. The largest absolute Gasteiger partial charge is 0.481 e. The van der Waals surface area contributed by atoms with E-state index in [9.17, 15) is 9.90 Å². The molecule has 0 spiro atoms. The summed E-state index contributed by atoms with van der Waals surface area (Å²) < 4.78 is 34.1. The van der Waals surface area contributed by atoms with Gasteiger partial charge in [0.15, 0.2) is 0 Å². The molecule has 1 aliphatic rings. The van der Waals surface area contributed by atoms with E-state index in [1.165, 1.54) is 0 Å². The van der Waals surface area contributed by atoms with Gasteiger partial charge in [0.05, 0.1) is 39.5 Å². The van der Waals surface area contributed by atoms with E-state index in [4.69, 9.17) is 23.7 Å². The highest BCUT2D eigenvalue weighted by atomic mass is 16.6. The van der Waals surface area contributed by atoms with Crippen LogP contribution in [-0.4, -0.2) is 42.1 Å². The second kappa shape index (κ2) is 18.1. The van der Waals surface area contributed by atoms with Crippen LogP contribution >= 0.6 is 0 Å². The number of carboxylic acids is 1. The summed E-state index contributed by atoms with van der Waals surface area (Å²) in [5, 5.41) is 11.7. The summed E-state index contributed by atoms with van der Waals surface area (Å²) in [7, 11) is 0. The van der Waals surface area contributed by atoms with E-state index < -0.39 is 36.5 Å². The number of hydrogen-bond donors (Lipinski definition) is 1. The quantitative estimate of drug-likeness (QED) is 0.108. The Morgan fingerprint density at radius 3 is 1.57 bits per heavy atom. The van der Waals surface area contributed by atoms with E-state index in [2.05, 4.69) is 6.07 Å². The molecular weight excluding hydrogens is 664 g/mol. The zero-order chi connectivity index (χ0) is 36.2. The van der Waals surface area contributed by atoms with Gasteiger partial charge in [-0.05, 0) is 50.2 Å². The van der Waals surface area contributed by atoms with Crippen LogP contribution in [0.2, 0.25) is 0 Å². The van der Waals surface area contributed by atoms with Crippen molar-refractivity contribution in [1.82, 2.24) is 0 Å². The van der Waals surface area contributed by atoms with Crippen LogP contribution in [0, 0.1) is 0 Å². The molecule has 270 valence electrons. The first-order valence-corrected chi connectivity index (χ1v) is 18.1. The van der Waals surface area contributed by atoms with Gasteiger partial charge in [0.2, 0.25) is 0 Å². The first-order chi connectivity index (χ1) is 26.1. The lowest BCUT2D eigenvalue weighted by Crippen LogP contribution is -2.58. The van der Waals surface area contributed by atoms with E-state index in [0.717, 1.165) is 38.6 Å². The number of rotatable bonds is 16. The monoisotopic (exact) mass is 708 g/mol. The van der Waals surface area contributed by atoms with Crippen LogP contribution in [0.5, 0.6) is 0 Å². The fourth-order valence-corrected chi connectivity index (χ4v) is 6.95. The smallest absolute Gasteiger partial charge is 0.307 e. The average Bonchev–Trinajstić information content (AvgIpc) is 3.20. The van der Waals surface area contributed by atoms with Gasteiger partial charge in [0, 0.05) is 0 Å². The van der Waals surface area contributed by atoms with Crippen molar-refractivity contribution < 1.29 is 33.6 Å². The number of fused-ring (bicyclic) bond motifs is 1. The van der Waals surface area contributed by atoms with Crippen molar-refractivity contribution >= 4 is 16.7 Å². The van der Waals surface area contributed by atoms with Crippen LogP contribution in [-0.2, 0) is 61.3 Å². The molecule has 0 aliphatic carbocycles. The number of carboxylic acid groups (broad SMARTS) is 1. The Balaban J connectivity index is 1.30. The molecule has 7 nitrogen and oxygen atoms in total. The van der Waals surface area contributed by atoms with Crippen molar-refractivity contribution in [3.8, 4) is 0 Å². The Bertz CT molecular complexity index is 2020. The lowest BCUT2D eigenvalue weighted by atomic mass is 9.88. The average molecular weight is 709 g/mol. The highest BCUT2D eigenvalue weighted by Crippen LogP contribution is 2.40. The summed E-state index contributed by atoms with van der Waals surface area (Å²) in [6.07, 6.45) is -3.13. The van der Waals surface area contributed by atoms with Crippen LogP contribution in [0.25, 0.3) is 10.8 Å². The lowest BCUT2D eigenvalue weighted by Gasteiger charge is -2.46. The van der Waals surface area contributed by atoms with Crippen molar-refractivity contribution in [2.24, 2.45) is 0 Å². The Labute approximate surface area is 310 Å². The molecule has 5 atom stereocenters. The third kappa shape index (κ3) is 9.64. The van der Waals surface area contributed by atoms with Crippen LogP contribution in [0.1, 0.15) is 39.5 Å². The summed E-state index contributed by atoms with van der Waals surface area (Å²) in [6, 6.07) is 52.0. The Morgan fingerprint density at radius 2 is 1.02 bits per heavy atom. The summed E-state index contributed by atoms with van der Waals surface area (Å²) in [6.45, 7) is 1.61. The molecule has 0 bridgehead atoms. The van der Waals surface area contributed by atoms with Crippen molar-refractivity contribution in [2.75, 3.05) is 6.61 Å². The molecular formula is C46H44O7. The standard InChI is InChI=1S/C46H44O7/c47-42(48)27-38-26-39(25-37-23-13-14-24-40(37)38)43-45(51-30-35-19-9-3-10-20-35)46(52-31-36-21-11-4-12-22-36)44(50-29-34-17-7-2-8-18-34)41(53-43)32-49-28-33-15-5-1-6-16-33/h1-26,41,43-46H,27-32H2,(H,47,48)/t41-,43+,44-,45+,46+/m1/s1. The summed E-state index contributed by atoms with van der Waals surface area (Å²) in [5.74, 6) is -0.903. The number of hydrogen-bond acceptors (Lipinski definition) is 6. The van der Waals surface area contributed by atoms with Crippen LogP contribution in [0.4, 0.5) is 0 Å². The highest BCUT2D eigenvalue weighted by molar-refractivity contribution is 5.89. The SMILES string of the molecule is O=C(O)Cc1cc([C@@H]2O[C@H](COCc3ccccc3)[C@@H](OCc3ccccc3)[C@H](OCc3ccccc3)[C@H]2OCc2ccccc2)cc2ccccc12. The van der Waals surface area contributed by atoms with E-state index in [0.29, 0.717) is 32.0 Å². The highest BCUT2D eigenvalue weighted by Gasteiger charge is 2.49. The number of carbonyl (C=O) groups is 1. The van der Waals surface area contributed by atoms with Crippen LogP contribution in [0.15, 0.2) is 158 Å². The van der Waals surface area contributed by atoms with Crippen molar-refractivity contribution in [3.05, 3.63) is 191 Å². The van der Waals surface area contributed by atoms with E-state index in [-0.39, 0.29) is 13.0 Å². The molecule has 0 saturated carbocycles. The molecule has 0 radical (unpaired) electrons. The van der Waals surface area contributed by atoms with Gasteiger partial charge in [-0.25, -0.2) is 0 Å². The predicted octanol–water partition coefficient (Wildman–Crippen LogP) is 8.88. The number of aliphatic carboxylic acids is 1. The maximum Gasteiger partial charge on any atom is 0.307 e.